The maximum Gasteiger partial charge on any atom is 0.420 e. The summed E-state index contributed by atoms with van der Waals surface area (Å²) in [6, 6.07) is 6.63. The van der Waals surface area contributed by atoms with Crippen molar-refractivity contribution in [3.63, 3.8) is 0 Å². The highest BCUT2D eigenvalue weighted by Gasteiger charge is 2.41. The first kappa shape index (κ1) is 23.1. The summed E-state index contributed by atoms with van der Waals surface area (Å²) in [5.41, 5.74) is 4.71. The molecular weight excluding hydrogens is 452 g/mol. The van der Waals surface area contributed by atoms with Crippen LogP contribution >= 0.6 is 0 Å². The van der Waals surface area contributed by atoms with E-state index < -0.39 is 29.7 Å². The molecule has 0 spiro atoms. The quantitative estimate of drug-likeness (QED) is 0.520. The summed E-state index contributed by atoms with van der Waals surface area (Å²) in [5, 5.41) is 0.217. The summed E-state index contributed by atoms with van der Waals surface area (Å²) in [6.45, 7) is -0.114. The molecule has 4 rings (SSSR count). The molecule has 0 aliphatic carbocycles. The van der Waals surface area contributed by atoms with Crippen molar-refractivity contribution in [2.45, 2.75) is 31.7 Å². The molecule has 0 unspecified atom stereocenters. The van der Waals surface area contributed by atoms with E-state index in [9.17, 15) is 31.1 Å². The van der Waals surface area contributed by atoms with Crippen molar-refractivity contribution >= 4 is 16.9 Å². The Morgan fingerprint density at radius 3 is 2.33 bits per heavy atom. The highest BCUT2D eigenvalue weighted by Crippen LogP contribution is 2.39. The highest BCUT2D eigenvalue weighted by atomic mass is 19.4. The van der Waals surface area contributed by atoms with E-state index in [1.54, 1.807) is 0 Å². The van der Waals surface area contributed by atoms with Gasteiger partial charge in [0.05, 0.1) is 29.3 Å². The largest absolute Gasteiger partial charge is 0.459 e. The molecule has 3 aromatic rings. The summed E-state index contributed by atoms with van der Waals surface area (Å²) in [7, 11) is 0. The summed E-state index contributed by atoms with van der Waals surface area (Å²) in [6.07, 6.45) is -8.08. The highest BCUT2D eigenvalue weighted by molar-refractivity contribution is 5.94. The van der Waals surface area contributed by atoms with Crippen LogP contribution in [0.3, 0.4) is 0 Å². The molecule has 0 atom stereocenters. The van der Waals surface area contributed by atoms with Gasteiger partial charge < -0.3 is 15.1 Å². The molecule has 1 saturated heterocycles. The van der Waals surface area contributed by atoms with Crippen molar-refractivity contribution < 1.29 is 35.6 Å². The summed E-state index contributed by atoms with van der Waals surface area (Å²) >= 11 is 0. The molecule has 2 N–H and O–H groups in total. The number of hydrogen-bond acceptors (Lipinski definition) is 4. The predicted molar refractivity (Wildman–Crippen MR) is 107 cm³/mol. The van der Waals surface area contributed by atoms with Gasteiger partial charge in [0.2, 0.25) is 0 Å². The van der Waals surface area contributed by atoms with E-state index in [-0.39, 0.29) is 66.0 Å². The fraction of sp³-hybridized carbons (Fsp3) is 0.364. The smallest absolute Gasteiger partial charge is 0.420 e. The van der Waals surface area contributed by atoms with E-state index >= 15 is 0 Å². The van der Waals surface area contributed by atoms with Crippen LogP contribution in [0.25, 0.3) is 22.2 Å². The number of likely N-dealkylation sites (tertiary alicyclic amines) is 1. The number of amides is 1. The monoisotopic (exact) mass is 471 g/mol. The predicted octanol–water partition coefficient (Wildman–Crippen LogP) is 5.39. The molecule has 5 nitrogen and oxygen atoms in total. The van der Waals surface area contributed by atoms with Crippen LogP contribution in [-0.4, -0.2) is 35.1 Å². The average Bonchev–Trinajstić information content (AvgIpc) is 3.20. The maximum absolute atomic E-state index is 13.6. The van der Waals surface area contributed by atoms with E-state index in [4.69, 9.17) is 10.2 Å². The van der Waals surface area contributed by atoms with Crippen molar-refractivity contribution in [1.29, 1.82) is 0 Å². The van der Waals surface area contributed by atoms with Gasteiger partial charge in [0.25, 0.3) is 5.91 Å². The standard InChI is InChI=1S/C22H19F6N3O2/c23-21(24,25)15-3-5-31(6-4-15)20(32)12-1-2-18(30-11-12)13-7-14-8-16(10-29)33-19(14)17(9-13)22(26,27)28/h1-2,7-9,11,15H,3-6,10,29H2. The molecule has 0 bridgehead atoms. The number of hydrogen-bond donors (Lipinski definition) is 1. The third-order valence-electron chi connectivity index (χ3n) is 5.73. The molecule has 1 aliphatic rings. The zero-order valence-electron chi connectivity index (χ0n) is 17.1. The van der Waals surface area contributed by atoms with Gasteiger partial charge in [0.1, 0.15) is 11.3 Å². The lowest BCUT2D eigenvalue weighted by molar-refractivity contribution is -0.183. The SMILES string of the molecule is NCc1cc2cc(-c3ccc(C(=O)N4CCC(C(F)(F)F)CC4)cn3)cc(C(F)(F)F)c2o1. The second-order valence-corrected chi connectivity index (χ2v) is 7.90. The Hall–Kier alpha value is -3.08. The molecule has 1 amide bonds. The third-order valence-corrected chi connectivity index (χ3v) is 5.73. The number of carbonyl (C=O) groups is 1. The second-order valence-electron chi connectivity index (χ2n) is 7.90. The van der Waals surface area contributed by atoms with Gasteiger partial charge in [-0.25, -0.2) is 0 Å². The normalized spacial score (nSPS) is 15.9. The second kappa shape index (κ2) is 8.36. The molecule has 1 aliphatic heterocycles. The van der Waals surface area contributed by atoms with Crippen LogP contribution in [0.4, 0.5) is 26.3 Å². The number of furan rings is 1. The first-order chi connectivity index (χ1) is 15.5. The van der Waals surface area contributed by atoms with Gasteiger partial charge in [-0.2, -0.15) is 26.3 Å². The Bertz CT molecular complexity index is 1160. The van der Waals surface area contributed by atoms with Crippen molar-refractivity contribution in [1.82, 2.24) is 9.88 Å². The lowest BCUT2D eigenvalue weighted by atomic mass is 9.96. The van der Waals surface area contributed by atoms with Gasteiger partial charge in [-0.15, -0.1) is 0 Å². The van der Waals surface area contributed by atoms with Crippen molar-refractivity contribution in [2.24, 2.45) is 11.7 Å². The van der Waals surface area contributed by atoms with Crippen LogP contribution in [0.2, 0.25) is 0 Å². The molecule has 33 heavy (non-hydrogen) atoms. The van der Waals surface area contributed by atoms with Gasteiger partial charge in [-0.3, -0.25) is 9.78 Å². The van der Waals surface area contributed by atoms with Crippen molar-refractivity contribution in [2.75, 3.05) is 13.1 Å². The van der Waals surface area contributed by atoms with Crippen LogP contribution in [0.5, 0.6) is 0 Å². The number of carbonyl (C=O) groups excluding carboxylic acids is 1. The lowest BCUT2D eigenvalue weighted by Crippen LogP contribution is -2.42. The Kier molecular flexibility index (Phi) is 5.85. The number of nitrogens with zero attached hydrogens (tertiary/aromatic N) is 2. The van der Waals surface area contributed by atoms with Crippen LogP contribution in [0, 0.1) is 5.92 Å². The first-order valence-electron chi connectivity index (χ1n) is 10.1. The molecule has 1 aromatic carbocycles. The number of piperidine rings is 1. The molecule has 2 aromatic heterocycles. The molecule has 11 heteroatoms. The minimum Gasteiger partial charge on any atom is -0.459 e. The van der Waals surface area contributed by atoms with E-state index in [0.717, 1.165) is 6.07 Å². The summed E-state index contributed by atoms with van der Waals surface area (Å²) < 4.78 is 84.4. The van der Waals surface area contributed by atoms with Crippen LogP contribution < -0.4 is 5.73 Å². The molecular formula is C22H19F6N3O2. The minimum absolute atomic E-state index is 0.0274. The van der Waals surface area contributed by atoms with E-state index in [1.807, 2.05) is 0 Å². The topological polar surface area (TPSA) is 72.4 Å². The van der Waals surface area contributed by atoms with Gasteiger partial charge in [-0.05, 0) is 43.2 Å². The number of benzene rings is 1. The summed E-state index contributed by atoms with van der Waals surface area (Å²) in [4.78, 5) is 18.1. The molecule has 0 saturated carbocycles. The van der Waals surface area contributed by atoms with Crippen molar-refractivity contribution in [3.05, 3.63) is 53.4 Å². The Morgan fingerprint density at radius 1 is 1.09 bits per heavy atom. The summed E-state index contributed by atoms with van der Waals surface area (Å²) in [5.74, 6) is -1.69. The maximum atomic E-state index is 13.6. The number of fused-ring (bicyclic) bond motifs is 1. The lowest BCUT2D eigenvalue weighted by Gasteiger charge is -2.32. The Morgan fingerprint density at radius 2 is 1.79 bits per heavy atom. The third kappa shape index (κ3) is 4.68. The zero-order chi connectivity index (χ0) is 24.0. The average molecular weight is 471 g/mol. The number of nitrogens with two attached hydrogens (primary N) is 1. The van der Waals surface area contributed by atoms with E-state index in [2.05, 4.69) is 4.98 Å². The van der Waals surface area contributed by atoms with Crippen LogP contribution in [0.15, 0.2) is 40.9 Å². The van der Waals surface area contributed by atoms with Gasteiger partial charge in [0.15, 0.2) is 0 Å². The van der Waals surface area contributed by atoms with Crippen molar-refractivity contribution in [3.8, 4) is 11.3 Å². The molecule has 1 fully saturated rings. The van der Waals surface area contributed by atoms with Gasteiger partial charge in [0, 0.05) is 30.2 Å². The number of rotatable bonds is 3. The fourth-order valence-corrected chi connectivity index (χ4v) is 3.95. The van der Waals surface area contributed by atoms with E-state index in [0.29, 0.717) is 0 Å². The minimum atomic E-state index is -4.67. The van der Waals surface area contributed by atoms with Crippen LogP contribution in [-0.2, 0) is 12.7 Å². The number of halogens is 6. The Balaban J connectivity index is 1.58. The molecule has 3 heterocycles. The first-order valence-corrected chi connectivity index (χ1v) is 10.1. The Labute approximate surface area is 184 Å². The molecule has 176 valence electrons. The number of pyridine rings is 1. The van der Waals surface area contributed by atoms with Gasteiger partial charge in [-0.1, -0.05) is 0 Å². The number of aromatic nitrogens is 1. The van der Waals surface area contributed by atoms with Crippen LogP contribution in [0.1, 0.15) is 34.5 Å². The molecule has 0 radical (unpaired) electrons. The van der Waals surface area contributed by atoms with Gasteiger partial charge >= 0.3 is 12.4 Å². The fourth-order valence-electron chi connectivity index (χ4n) is 3.95. The van der Waals surface area contributed by atoms with E-state index in [1.165, 1.54) is 35.4 Å². The zero-order valence-corrected chi connectivity index (χ0v) is 17.1. The number of alkyl halides is 6.